The maximum Gasteiger partial charge on any atom is 0.390 e. The van der Waals surface area contributed by atoms with Crippen LogP contribution >= 0.6 is 0 Å². The molecule has 2 aromatic rings. The van der Waals surface area contributed by atoms with Gasteiger partial charge in [-0.3, -0.25) is 0 Å². The van der Waals surface area contributed by atoms with Gasteiger partial charge >= 0.3 is 6.18 Å². The Hall–Kier alpha value is -2.27. The summed E-state index contributed by atoms with van der Waals surface area (Å²) in [5.41, 5.74) is 8.44. The number of halogens is 3. The maximum atomic E-state index is 12.6. The molecule has 1 atom stereocenters. The standard InChI is InChI=1S/C31H43F3N2/c1-8-22(6)23(7)18-26(17-20(2)3)30-29(21(4)5)27-19-25(9-10-28(27)35-30)24-11-14-36(15-12-24)16-13-31(32,33)34/h9-10,17-19,21-22,24,35H,2,8,11-16H2,1,3-7H3/b23-18-,26-17+. The summed E-state index contributed by atoms with van der Waals surface area (Å²) in [5.74, 6) is 1.23. The first kappa shape index (κ1) is 28.3. The lowest BCUT2D eigenvalue weighted by atomic mass is 9.87. The number of aromatic nitrogens is 1. The number of nitrogens with one attached hydrogen (secondary N) is 1. The number of rotatable bonds is 9. The summed E-state index contributed by atoms with van der Waals surface area (Å²) in [7, 11) is 0. The largest absolute Gasteiger partial charge is 0.390 e. The van der Waals surface area contributed by atoms with E-state index in [1.54, 1.807) is 0 Å². The van der Waals surface area contributed by atoms with E-state index in [2.05, 4.69) is 76.5 Å². The van der Waals surface area contributed by atoms with Gasteiger partial charge in [-0.1, -0.05) is 63.6 Å². The van der Waals surface area contributed by atoms with Crippen LogP contribution in [-0.4, -0.2) is 35.7 Å². The monoisotopic (exact) mass is 500 g/mol. The van der Waals surface area contributed by atoms with Gasteiger partial charge in [-0.05, 0) is 92.8 Å². The van der Waals surface area contributed by atoms with Crippen molar-refractivity contribution < 1.29 is 13.2 Å². The molecule has 0 amide bonds. The minimum atomic E-state index is -4.08. The van der Waals surface area contributed by atoms with Crippen LogP contribution in [0.15, 0.2) is 48.1 Å². The van der Waals surface area contributed by atoms with Gasteiger partial charge in [-0.25, -0.2) is 0 Å². The zero-order chi connectivity index (χ0) is 26.6. The molecular formula is C31H43F3N2. The first-order valence-corrected chi connectivity index (χ1v) is 13.4. The van der Waals surface area contributed by atoms with Gasteiger partial charge in [0.15, 0.2) is 0 Å². The normalized spacial score (nSPS) is 17.8. The molecule has 36 heavy (non-hydrogen) atoms. The highest BCUT2D eigenvalue weighted by atomic mass is 19.4. The fraction of sp³-hybridized carbons (Fsp3) is 0.548. The summed E-state index contributed by atoms with van der Waals surface area (Å²) >= 11 is 0. The molecule has 1 aliphatic rings. The third-order valence-corrected chi connectivity index (χ3v) is 7.67. The summed E-state index contributed by atoms with van der Waals surface area (Å²) in [6.07, 6.45) is 2.56. The van der Waals surface area contributed by atoms with Crippen LogP contribution in [0.2, 0.25) is 0 Å². The Morgan fingerprint density at radius 2 is 1.81 bits per heavy atom. The highest BCUT2D eigenvalue weighted by Gasteiger charge is 2.29. The Kier molecular flexibility index (Phi) is 9.32. The zero-order valence-electron chi connectivity index (χ0n) is 22.9. The molecule has 1 aromatic heterocycles. The predicted octanol–water partition coefficient (Wildman–Crippen LogP) is 9.37. The second-order valence-corrected chi connectivity index (χ2v) is 11.0. The summed E-state index contributed by atoms with van der Waals surface area (Å²) < 4.78 is 37.9. The molecule has 3 rings (SSSR count). The van der Waals surface area contributed by atoms with Gasteiger partial charge in [0.2, 0.25) is 0 Å². The van der Waals surface area contributed by atoms with Gasteiger partial charge in [0.25, 0.3) is 0 Å². The topological polar surface area (TPSA) is 19.0 Å². The minimum Gasteiger partial charge on any atom is -0.354 e. The van der Waals surface area contributed by atoms with Crippen LogP contribution in [0.3, 0.4) is 0 Å². The van der Waals surface area contributed by atoms with E-state index >= 15 is 0 Å². The van der Waals surface area contributed by atoms with Crippen LogP contribution in [0.25, 0.3) is 16.5 Å². The molecule has 0 aliphatic carbocycles. The first-order valence-electron chi connectivity index (χ1n) is 13.4. The molecule has 1 unspecified atom stereocenters. The molecule has 0 radical (unpaired) electrons. The van der Waals surface area contributed by atoms with Gasteiger partial charge in [-0.2, -0.15) is 13.2 Å². The van der Waals surface area contributed by atoms with E-state index in [9.17, 15) is 13.2 Å². The molecule has 1 N–H and O–H groups in total. The fourth-order valence-corrected chi connectivity index (χ4v) is 5.25. The summed E-state index contributed by atoms with van der Waals surface area (Å²) in [6, 6.07) is 6.70. The van der Waals surface area contributed by atoms with Crippen LogP contribution < -0.4 is 0 Å². The van der Waals surface area contributed by atoms with Crippen molar-refractivity contribution in [3.8, 4) is 0 Å². The SMILES string of the molecule is C=C(C)/C=C(\C=C(\C)C(C)CC)c1[nH]c2ccc(C3CCN(CCC(F)(F)F)CC3)cc2c1C(C)C. The van der Waals surface area contributed by atoms with Crippen LogP contribution in [0.5, 0.6) is 0 Å². The lowest BCUT2D eigenvalue weighted by Crippen LogP contribution is -2.35. The van der Waals surface area contributed by atoms with Crippen molar-refractivity contribution in [2.45, 2.75) is 85.2 Å². The number of benzene rings is 1. The van der Waals surface area contributed by atoms with E-state index in [1.807, 2.05) is 11.8 Å². The van der Waals surface area contributed by atoms with Crippen molar-refractivity contribution in [3.63, 3.8) is 0 Å². The molecule has 5 heteroatoms. The maximum absolute atomic E-state index is 12.6. The smallest absolute Gasteiger partial charge is 0.354 e. The second-order valence-electron chi connectivity index (χ2n) is 11.0. The third-order valence-electron chi connectivity index (χ3n) is 7.67. The predicted molar refractivity (Wildman–Crippen MR) is 147 cm³/mol. The van der Waals surface area contributed by atoms with Crippen LogP contribution in [0.1, 0.15) is 95.9 Å². The van der Waals surface area contributed by atoms with E-state index in [-0.39, 0.29) is 6.54 Å². The zero-order valence-corrected chi connectivity index (χ0v) is 22.9. The number of allylic oxidation sites excluding steroid dienone is 5. The molecule has 0 saturated carbocycles. The lowest BCUT2D eigenvalue weighted by Gasteiger charge is -2.32. The van der Waals surface area contributed by atoms with Crippen LogP contribution in [-0.2, 0) is 0 Å². The summed E-state index contributed by atoms with van der Waals surface area (Å²) in [4.78, 5) is 5.67. The van der Waals surface area contributed by atoms with Crippen molar-refractivity contribution in [1.82, 2.24) is 9.88 Å². The number of H-pyrrole nitrogens is 1. The summed E-state index contributed by atoms with van der Waals surface area (Å²) in [6.45, 7) is 18.9. The molecule has 1 fully saturated rings. The summed E-state index contributed by atoms with van der Waals surface area (Å²) in [5, 5.41) is 1.25. The van der Waals surface area contributed by atoms with E-state index in [0.717, 1.165) is 49.1 Å². The van der Waals surface area contributed by atoms with Crippen molar-refractivity contribution in [3.05, 3.63) is 64.9 Å². The first-order chi connectivity index (χ1) is 16.9. The van der Waals surface area contributed by atoms with Crippen molar-refractivity contribution in [2.75, 3.05) is 19.6 Å². The van der Waals surface area contributed by atoms with E-state index in [4.69, 9.17) is 0 Å². The quantitative estimate of drug-likeness (QED) is 0.340. The van der Waals surface area contributed by atoms with Gasteiger partial charge in [0, 0.05) is 23.1 Å². The minimum absolute atomic E-state index is 0.106. The number of alkyl halides is 3. The molecule has 2 heterocycles. The van der Waals surface area contributed by atoms with Crippen molar-refractivity contribution >= 4 is 16.5 Å². The molecule has 0 spiro atoms. The molecular weight excluding hydrogens is 457 g/mol. The van der Waals surface area contributed by atoms with E-state index in [0.29, 0.717) is 17.8 Å². The Morgan fingerprint density at radius 3 is 2.36 bits per heavy atom. The highest BCUT2D eigenvalue weighted by Crippen LogP contribution is 2.38. The number of hydrogen-bond acceptors (Lipinski definition) is 1. The number of hydrogen-bond donors (Lipinski definition) is 1. The number of piperidine rings is 1. The van der Waals surface area contributed by atoms with Crippen LogP contribution in [0, 0.1) is 5.92 Å². The number of likely N-dealkylation sites (tertiary alicyclic amines) is 1. The molecule has 0 bridgehead atoms. The third kappa shape index (κ3) is 7.15. The van der Waals surface area contributed by atoms with Gasteiger partial charge in [-0.15, -0.1) is 0 Å². The Labute approximate surface area is 215 Å². The molecule has 1 saturated heterocycles. The number of fused-ring (bicyclic) bond motifs is 1. The Bertz CT molecular complexity index is 1110. The van der Waals surface area contributed by atoms with E-state index in [1.165, 1.54) is 27.7 Å². The fourth-order valence-electron chi connectivity index (χ4n) is 5.25. The number of nitrogens with zero attached hydrogens (tertiary/aromatic N) is 1. The number of aromatic amines is 1. The van der Waals surface area contributed by atoms with Gasteiger partial charge in [0.05, 0.1) is 6.42 Å². The van der Waals surface area contributed by atoms with Gasteiger partial charge < -0.3 is 9.88 Å². The van der Waals surface area contributed by atoms with Gasteiger partial charge in [0.1, 0.15) is 0 Å². The average Bonchev–Trinajstić information content (AvgIpc) is 3.20. The van der Waals surface area contributed by atoms with Crippen LogP contribution in [0.4, 0.5) is 13.2 Å². The molecule has 1 aromatic carbocycles. The second kappa shape index (κ2) is 11.9. The average molecular weight is 501 g/mol. The molecule has 1 aliphatic heterocycles. The Balaban J connectivity index is 1.93. The molecule has 2 nitrogen and oxygen atoms in total. The molecule has 198 valence electrons. The van der Waals surface area contributed by atoms with E-state index < -0.39 is 12.6 Å². The van der Waals surface area contributed by atoms with Crippen molar-refractivity contribution in [2.24, 2.45) is 5.92 Å². The Morgan fingerprint density at radius 1 is 1.14 bits per heavy atom. The van der Waals surface area contributed by atoms with Crippen molar-refractivity contribution in [1.29, 1.82) is 0 Å². The highest BCUT2D eigenvalue weighted by molar-refractivity contribution is 5.92. The lowest BCUT2D eigenvalue weighted by molar-refractivity contribution is -0.138.